The van der Waals surface area contributed by atoms with Crippen molar-refractivity contribution >= 4 is 17.0 Å². The molecule has 3 rings (SSSR count). The van der Waals surface area contributed by atoms with Gasteiger partial charge in [0, 0.05) is 18.9 Å². The normalized spacial score (nSPS) is 16.1. The van der Waals surface area contributed by atoms with Crippen LogP contribution in [0.4, 0.5) is 0 Å². The molecule has 1 saturated carbocycles. The molecule has 0 amide bonds. The van der Waals surface area contributed by atoms with E-state index in [9.17, 15) is 4.79 Å². The van der Waals surface area contributed by atoms with E-state index in [1.165, 1.54) is 54.6 Å². The number of carbonyl (C=O) groups is 1. The molecule has 1 aromatic carbocycles. The highest BCUT2D eigenvalue weighted by molar-refractivity contribution is 5.78. The Labute approximate surface area is 137 Å². The van der Waals surface area contributed by atoms with Gasteiger partial charge in [0.15, 0.2) is 0 Å². The number of nitrogens with zero attached hydrogens (tertiary/aromatic N) is 2. The summed E-state index contributed by atoms with van der Waals surface area (Å²) in [6.45, 7) is 5.00. The fourth-order valence-corrected chi connectivity index (χ4v) is 3.69. The van der Waals surface area contributed by atoms with Crippen LogP contribution < -0.4 is 0 Å². The van der Waals surface area contributed by atoms with Gasteiger partial charge in [0.2, 0.25) is 0 Å². The highest BCUT2D eigenvalue weighted by Gasteiger charge is 2.22. The number of aryl methyl sites for hydroxylation is 3. The highest BCUT2D eigenvalue weighted by atomic mass is 16.4. The average Bonchev–Trinajstić information content (AvgIpc) is 2.86. The van der Waals surface area contributed by atoms with E-state index >= 15 is 0 Å². The Morgan fingerprint density at radius 3 is 2.61 bits per heavy atom. The van der Waals surface area contributed by atoms with Gasteiger partial charge < -0.3 is 9.67 Å². The van der Waals surface area contributed by atoms with Gasteiger partial charge in [-0.2, -0.15) is 0 Å². The molecule has 1 heterocycles. The van der Waals surface area contributed by atoms with Gasteiger partial charge in [-0.1, -0.05) is 19.3 Å². The molecule has 0 unspecified atom stereocenters. The van der Waals surface area contributed by atoms with Crippen LogP contribution in [0, 0.1) is 13.8 Å². The van der Waals surface area contributed by atoms with Gasteiger partial charge in [0.25, 0.3) is 0 Å². The van der Waals surface area contributed by atoms with Crippen LogP contribution >= 0.6 is 0 Å². The predicted molar refractivity (Wildman–Crippen MR) is 91.9 cm³/mol. The van der Waals surface area contributed by atoms with Crippen molar-refractivity contribution in [3.8, 4) is 0 Å². The molecule has 1 aliphatic rings. The van der Waals surface area contributed by atoms with Gasteiger partial charge in [0.05, 0.1) is 11.0 Å². The highest BCUT2D eigenvalue weighted by Crippen LogP contribution is 2.34. The molecule has 0 saturated heterocycles. The second kappa shape index (κ2) is 6.73. The number of imidazole rings is 1. The first-order valence-electron chi connectivity index (χ1n) is 8.75. The lowest BCUT2D eigenvalue weighted by Crippen LogP contribution is -2.13. The maximum Gasteiger partial charge on any atom is 0.303 e. The van der Waals surface area contributed by atoms with Crippen molar-refractivity contribution in [2.24, 2.45) is 0 Å². The number of fused-ring (bicyclic) bond motifs is 1. The summed E-state index contributed by atoms with van der Waals surface area (Å²) in [6.07, 6.45) is 7.18. The molecule has 4 nitrogen and oxygen atoms in total. The Bertz CT molecular complexity index is 712. The molecule has 1 aromatic heterocycles. The number of hydrogen-bond donors (Lipinski definition) is 1. The van der Waals surface area contributed by atoms with Crippen LogP contribution in [0.3, 0.4) is 0 Å². The molecule has 23 heavy (non-hydrogen) atoms. The zero-order valence-corrected chi connectivity index (χ0v) is 14.1. The third-order valence-electron chi connectivity index (χ3n) is 5.14. The molecular weight excluding hydrogens is 288 g/mol. The summed E-state index contributed by atoms with van der Waals surface area (Å²) < 4.78 is 2.29. The van der Waals surface area contributed by atoms with E-state index in [-0.39, 0.29) is 6.42 Å². The smallest absolute Gasteiger partial charge is 0.303 e. The van der Waals surface area contributed by atoms with E-state index < -0.39 is 5.97 Å². The van der Waals surface area contributed by atoms with Crippen LogP contribution in [0.5, 0.6) is 0 Å². The van der Waals surface area contributed by atoms with Gasteiger partial charge in [-0.05, 0) is 56.4 Å². The summed E-state index contributed by atoms with van der Waals surface area (Å²) in [4.78, 5) is 15.8. The van der Waals surface area contributed by atoms with Gasteiger partial charge in [-0.15, -0.1) is 0 Å². The van der Waals surface area contributed by atoms with E-state index in [1.54, 1.807) is 0 Å². The lowest BCUT2D eigenvalue weighted by molar-refractivity contribution is -0.137. The van der Waals surface area contributed by atoms with Crippen molar-refractivity contribution in [1.82, 2.24) is 9.55 Å². The fourth-order valence-electron chi connectivity index (χ4n) is 3.69. The number of aromatic nitrogens is 2. The predicted octanol–water partition coefficient (Wildman–Crippen LogP) is 4.57. The summed E-state index contributed by atoms with van der Waals surface area (Å²) in [5.74, 6) is 0.984. The van der Waals surface area contributed by atoms with E-state index in [4.69, 9.17) is 10.1 Å². The molecule has 1 fully saturated rings. The summed E-state index contributed by atoms with van der Waals surface area (Å²) in [5.41, 5.74) is 4.76. The molecule has 124 valence electrons. The number of carboxylic acids is 1. The molecule has 0 aliphatic heterocycles. The minimum Gasteiger partial charge on any atom is -0.481 e. The third-order valence-corrected chi connectivity index (χ3v) is 5.14. The maximum atomic E-state index is 10.9. The standard InChI is InChI=1S/C19H26N2O2/c1-13-11-16-17(12-14(13)2)21(10-6-9-18(22)23)19(20-16)15-7-4-3-5-8-15/h11-12,15H,3-10H2,1-2H3,(H,22,23). The Morgan fingerprint density at radius 1 is 1.22 bits per heavy atom. The zero-order chi connectivity index (χ0) is 16.4. The molecular formula is C19H26N2O2. The fraction of sp³-hybridized carbons (Fsp3) is 0.579. The number of aliphatic carboxylic acids is 1. The van der Waals surface area contributed by atoms with Crippen LogP contribution in [0.25, 0.3) is 11.0 Å². The van der Waals surface area contributed by atoms with Gasteiger partial charge in [0.1, 0.15) is 5.82 Å². The molecule has 4 heteroatoms. The molecule has 1 N–H and O–H groups in total. The second-order valence-corrected chi connectivity index (χ2v) is 6.88. The topological polar surface area (TPSA) is 55.1 Å². The van der Waals surface area contributed by atoms with Crippen LogP contribution in [0.1, 0.15) is 67.8 Å². The zero-order valence-electron chi connectivity index (χ0n) is 14.1. The Balaban J connectivity index is 1.99. The molecule has 1 aliphatic carbocycles. The van der Waals surface area contributed by atoms with Crippen LogP contribution in [0.2, 0.25) is 0 Å². The Morgan fingerprint density at radius 2 is 1.91 bits per heavy atom. The van der Waals surface area contributed by atoms with E-state index in [0.29, 0.717) is 12.3 Å². The lowest BCUT2D eigenvalue weighted by atomic mass is 9.88. The van der Waals surface area contributed by atoms with Crippen molar-refractivity contribution < 1.29 is 9.90 Å². The first-order chi connectivity index (χ1) is 11.1. The summed E-state index contributed by atoms with van der Waals surface area (Å²) in [5, 5.41) is 8.93. The number of hydrogen-bond acceptors (Lipinski definition) is 2. The maximum absolute atomic E-state index is 10.9. The third kappa shape index (κ3) is 3.41. The van der Waals surface area contributed by atoms with Crippen molar-refractivity contribution in [2.45, 2.75) is 71.3 Å². The summed E-state index contributed by atoms with van der Waals surface area (Å²) >= 11 is 0. The summed E-state index contributed by atoms with van der Waals surface area (Å²) in [6, 6.07) is 4.38. The average molecular weight is 314 g/mol. The van der Waals surface area contributed by atoms with E-state index in [0.717, 1.165) is 12.1 Å². The number of benzene rings is 1. The first-order valence-corrected chi connectivity index (χ1v) is 8.75. The quantitative estimate of drug-likeness (QED) is 0.879. The summed E-state index contributed by atoms with van der Waals surface area (Å²) in [7, 11) is 0. The van der Waals surface area contributed by atoms with E-state index in [2.05, 4.69) is 30.5 Å². The van der Waals surface area contributed by atoms with E-state index in [1.807, 2.05) is 0 Å². The minimum atomic E-state index is -0.722. The van der Waals surface area contributed by atoms with Crippen LogP contribution in [-0.2, 0) is 11.3 Å². The lowest BCUT2D eigenvalue weighted by Gasteiger charge is -2.22. The number of rotatable bonds is 5. The van der Waals surface area contributed by atoms with Crippen molar-refractivity contribution in [2.75, 3.05) is 0 Å². The largest absolute Gasteiger partial charge is 0.481 e. The van der Waals surface area contributed by atoms with Gasteiger partial charge >= 0.3 is 5.97 Å². The SMILES string of the molecule is Cc1cc2nc(C3CCCCC3)n(CCCC(=O)O)c2cc1C. The van der Waals surface area contributed by atoms with Crippen molar-refractivity contribution in [3.63, 3.8) is 0 Å². The monoisotopic (exact) mass is 314 g/mol. The molecule has 2 aromatic rings. The van der Waals surface area contributed by atoms with Crippen molar-refractivity contribution in [1.29, 1.82) is 0 Å². The molecule has 0 radical (unpaired) electrons. The van der Waals surface area contributed by atoms with Crippen molar-refractivity contribution in [3.05, 3.63) is 29.1 Å². The second-order valence-electron chi connectivity index (χ2n) is 6.88. The van der Waals surface area contributed by atoms with Crippen LogP contribution in [0.15, 0.2) is 12.1 Å². The molecule has 0 spiro atoms. The van der Waals surface area contributed by atoms with Crippen LogP contribution in [-0.4, -0.2) is 20.6 Å². The molecule has 0 atom stereocenters. The minimum absolute atomic E-state index is 0.217. The number of carboxylic acid groups (broad SMARTS) is 1. The van der Waals surface area contributed by atoms with Gasteiger partial charge in [-0.25, -0.2) is 4.98 Å². The molecule has 0 bridgehead atoms. The Kier molecular flexibility index (Phi) is 4.69. The first kappa shape index (κ1) is 16.0. The van der Waals surface area contributed by atoms with Gasteiger partial charge in [-0.3, -0.25) is 4.79 Å². The Hall–Kier alpha value is -1.84.